The van der Waals surface area contributed by atoms with Crippen molar-refractivity contribution in [2.45, 2.75) is 19.5 Å². The third-order valence-corrected chi connectivity index (χ3v) is 4.89. The van der Waals surface area contributed by atoms with E-state index in [1.54, 1.807) is 17.1 Å². The SMILES string of the molecule is C[C@@H](C(=O)NCc1cccnc1)n1nc(-c2ccccc2)c2cc(Cl)ccc21. The van der Waals surface area contributed by atoms with Crippen LogP contribution < -0.4 is 5.32 Å². The summed E-state index contributed by atoms with van der Waals surface area (Å²) in [5, 5.41) is 9.28. The van der Waals surface area contributed by atoms with Gasteiger partial charge in [0.1, 0.15) is 11.7 Å². The first kappa shape index (κ1) is 18.2. The quantitative estimate of drug-likeness (QED) is 0.540. The Hall–Kier alpha value is -3.18. The molecule has 0 radical (unpaired) electrons. The number of pyridine rings is 1. The fraction of sp³-hybridized carbons (Fsp3) is 0.136. The number of rotatable bonds is 5. The molecule has 0 spiro atoms. The highest BCUT2D eigenvalue weighted by molar-refractivity contribution is 6.31. The van der Waals surface area contributed by atoms with Crippen molar-refractivity contribution >= 4 is 28.4 Å². The molecule has 0 aliphatic heterocycles. The van der Waals surface area contributed by atoms with Crippen LogP contribution in [0.5, 0.6) is 0 Å². The van der Waals surface area contributed by atoms with Crippen LogP contribution in [0.4, 0.5) is 0 Å². The molecule has 2 aromatic carbocycles. The molecular weight excluding hydrogens is 372 g/mol. The van der Waals surface area contributed by atoms with Gasteiger partial charge in [-0.2, -0.15) is 5.10 Å². The van der Waals surface area contributed by atoms with Gasteiger partial charge >= 0.3 is 0 Å². The van der Waals surface area contributed by atoms with Crippen molar-refractivity contribution < 1.29 is 4.79 Å². The van der Waals surface area contributed by atoms with Crippen LogP contribution in [-0.2, 0) is 11.3 Å². The summed E-state index contributed by atoms with van der Waals surface area (Å²) in [6, 6.07) is 18.8. The van der Waals surface area contributed by atoms with Crippen molar-refractivity contribution in [2.24, 2.45) is 0 Å². The molecule has 4 aromatic rings. The second-order valence-electron chi connectivity index (χ2n) is 6.58. The monoisotopic (exact) mass is 390 g/mol. The minimum atomic E-state index is -0.474. The van der Waals surface area contributed by atoms with Crippen molar-refractivity contribution in [3.63, 3.8) is 0 Å². The van der Waals surface area contributed by atoms with E-state index in [4.69, 9.17) is 16.7 Å². The lowest BCUT2D eigenvalue weighted by Gasteiger charge is -2.14. The van der Waals surface area contributed by atoms with Gasteiger partial charge in [-0.05, 0) is 36.8 Å². The average Bonchev–Trinajstić information content (AvgIpc) is 3.11. The lowest BCUT2D eigenvalue weighted by molar-refractivity contribution is -0.124. The van der Waals surface area contributed by atoms with Gasteiger partial charge in [0.2, 0.25) is 5.91 Å². The maximum absolute atomic E-state index is 12.8. The van der Waals surface area contributed by atoms with Gasteiger partial charge in [-0.3, -0.25) is 14.5 Å². The van der Waals surface area contributed by atoms with Crippen LogP contribution in [0.3, 0.4) is 0 Å². The first-order chi connectivity index (χ1) is 13.6. The maximum atomic E-state index is 12.8. The number of carbonyl (C=O) groups excluding carboxylic acids is 1. The van der Waals surface area contributed by atoms with Crippen molar-refractivity contribution in [1.82, 2.24) is 20.1 Å². The summed E-state index contributed by atoms with van der Waals surface area (Å²) in [4.78, 5) is 16.8. The van der Waals surface area contributed by atoms with Gasteiger partial charge in [0.25, 0.3) is 0 Å². The molecule has 4 rings (SSSR count). The fourth-order valence-corrected chi connectivity index (χ4v) is 3.34. The first-order valence-corrected chi connectivity index (χ1v) is 9.41. The lowest BCUT2D eigenvalue weighted by atomic mass is 10.1. The first-order valence-electron chi connectivity index (χ1n) is 9.03. The zero-order valence-electron chi connectivity index (χ0n) is 15.3. The number of nitrogens with zero attached hydrogens (tertiary/aromatic N) is 3. The van der Waals surface area contributed by atoms with Crippen molar-refractivity contribution in [2.75, 3.05) is 0 Å². The summed E-state index contributed by atoms with van der Waals surface area (Å²) >= 11 is 6.22. The molecule has 1 N–H and O–H groups in total. The maximum Gasteiger partial charge on any atom is 0.244 e. The molecular formula is C22H19ClN4O. The van der Waals surface area contributed by atoms with Gasteiger partial charge in [-0.15, -0.1) is 0 Å². The van der Waals surface area contributed by atoms with Crippen LogP contribution in [0.2, 0.25) is 5.02 Å². The van der Waals surface area contributed by atoms with Gasteiger partial charge in [0.15, 0.2) is 0 Å². The predicted molar refractivity (Wildman–Crippen MR) is 111 cm³/mol. The number of aromatic nitrogens is 3. The van der Waals surface area contributed by atoms with Crippen molar-refractivity contribution in [3.8, 4) is 11.3 Å². The summed E-state index contributed by atoms with van der Waals surface area (Å²) in [5.41, 5.74) is 3.61. The van der Waals surface area contributed by atoms with Gasteiger partial charge < -0.3 is 5.32 Å². The van der Waals surface area contributed by atoms with Crippen LogP contribution in [0, 0.1) is 0 Å². The number of hydrogen-bond donors (Lipinski definition) is 1. The van der Waals surface area contributed by atoms with Crippen molar-refractivity contribution in [3.05, 3.63) is 83.6 Å². The fourth-order valence-electron chi connectivity index (χ4n) is 3.17. The molecule has 2 aromatic heterocycles. The zero-order chi connectivity index (χ0) is 19.5. The number of carbonyl (C=O) groups is 1. The molecule has 140 valence electrons. The van der Waals surface area contributed by atoms with E-state index in [1.165, 1.54) is 0 Å². The molecule has 2 heterocycles. The summed E-state index contributed by atoms with van der Waals surface area (Å²) in [7, 11) is 0. The highest BCUT2D eigenvalue weighted by atomic mass is 35.5. The normalized spacial score (nSPS) is 12.1. The van der Waals surface area contributed by atoms with Crippen LogP contribution in [-0.4, -0.2) is 20.7 Å². The topological polar surface area (TPSA) is 59.8 Å². The second kappa shape index (κ2) is 7.82. The largest absolute Gasteiger partial charge is 0.350 e. The highest BCUT2D eigenvalue weighted by Gasteiger charge is 2.21. The smallest absolute Gasteiger partial charge is 0.244 e. The minimum absolute atomic E-state index is 0.109. The van der Waals surface area contributed by atoms with E-state index in [1.807, 2.05) is 67.6 Å². The number of benzene rings is 2. The van der Waals surface area contributed by atoms with Crippen molar-refractivity contribution in [1.29, 1.82) is 0 Å². The zero-order valence-corrected chi connectivity index (χ0v) is 16.1. The van der Waals surface area contributed by atoms with E-state index >= 15 is 0 Å². The molecule has 0 saturated carbocycles. The predicted octanol–water partition coefficient (Wildman–Crippen LogP) is 4.63. The molecule has 28 heavy (non-hydrogen) atoms. The van der Waals surface area contributed by atoms with E-state index in [-0.39, 0.29) is 5.91 Å². The third-order valence-electron chi connectivity index (χ3n) is 4.65. The van der Waals surface area contributed by atoms with Gasteiger partial charge in [-0.25, -0.2) is 0 Å². The Bertz CT molecular complexity index is 1110. The average molecular weight is 391 g/mol. The van der Waals surface area contributed by atoms with E-state index < -0.39 is 6.04 Å². The van der Waals surface area contributed by atoms with E-state index in [9.17, 15) is 4.79 Å². The molecule has 0 aliphatic rings. The third kappa shape index (κ3) is 3.62. The molecule has 0 unspecified atom stereocenters. The Balaban J connectivity index is 1.67. The molecule has 0 aliphatic carbocycles. The number of fused-ring (bicyclic) bond motifs is 1. The molecule has 6 heteroatoms. The standard InChI is InChI=1S/C22H19ClN4O/c1-15(22(28)25-14-16-6-5-11-24-13-16)27-20-10-9-18(23)12-19(20)21(26-27)17-7-3-2-4-8-17/h2-13,15H,14H2,1H3,(H,25,28)/t15-/m0/s1. The molecule has 5 nitrogen and oxygen atoms in total. The van der Waals surface area contributed by atoms with Crippen LogP contribution in [0.25, 0.3) is 22.2 Å². The molecule has 0 bridgehead atoms. The minimum Gasteiger partial charge on any atom is -0.350 e. The van der Waals surface area contributed by atoms with Crippen LogP contribution in [0.1, 0.15) is 18.5 Å². The Morgan fingerprint density at radius 1 is 1.14 bits per heavy atom. The number of amides is 1. The summed E-state index contributed by atoms with van der Waals surface area (Å²) < 4.78 is 1.76. The second-order valence-corrected chi connectivity index (χ2v) is 7.01. The summed E-state index contributed by atoms with van der Waals surface area (Å²) in [6.07, 6.45) is 3.45. The molecule has 1 atom stereocenters. The Morgan fingerprint density at radius 3 is 2.71 bits per heavy atom. The van der Waals surface area contributed by atoms with E-state index in [0.717, 1.165) is 27.7 Å². The summed E-state index contributed by atoms with van der Waals surface area (Å²) in [6.45, 7) is 2.27. The van der Waals surface area contributed by atoms with Gasteiger partial charge in [0, 0.05) is 34.9 Å². The lowest BCUT2D eigenvalue weighted by Crippen LogP contribution is -2.31. The van der Waals surface area contributed by atoms with E-state index in [0.29, 0.717) is 11.6 Å². The number of nitrogens with one attached hydrogen (secondary N) is 1. The Morgan fingerprint density at radius 2 is 1.96 bits per heavy atom. The van der Waals surface area contributed by atoms with Crippen LogP contribution in [0.15, 0.2) is 73.1 Å². The van der Waals surface area contributed by atoms with Gasteiger partial charge in [0.05, 0.1) is 5.52 Å². The molecule has 0 saturated heterocycles. The Labute approximate surface area is 168 Å². The van der Waals surface area contributed by atoms with E-state index in [2.05, 4.69) is 10.3 Å². The van der Waals surface area contributed by atoms with Crippen LogP contribution >= 0.6 is 11.6 Å². The Kier molecular flexibility index (Phi) is 5.08. The molecule has 0 fully saturated rings. The van der Waals surface area contributed by atoms with Gasteiger partial charge in [-0.1, -0.05) is 48.0 Å². The number of hydrogen-bond acceptors (Lipinski definition) is 3. The highest BCUT2D eigenvalue weighted by Crippen LogP contribution is 2.31. The number of halogens is 1. The molecule has 1 amide bonds. The summed E-state index contributed by atoms with van der Waals surface area (Å²) in [5.74, 6) is -0.109.